The van der Waals surface area contributed by atoms with Gasteiger partial charge in [-0.25, -0.2) is 0 Å². The lowest BCUT2D eigenvalue weighted by Gasteiger charge is -2.53. The average molecular weight is 433 g/mol. The van der Waals surface area contributed by atoms with Gasteiger partial charge in [0.05, 0.1) is 18.9 Å². The molecule has 7 nitrogen and oxygen atoms in total. The van der Waals surface area contributed by atoms with Crippen molar-refractivity contribution in [3.05, 3.63) is 54.7 Å². The number of aromatic hydroxyl groups is 1. The van der Waals surface area contributed by atoms with Gasteiger partial charge in [0.15, 0.2) is 5.65 Å². The van der Waals surface area contributed by atoms with E-state index in [1.165, 1.54) is 24.5 Å². The van der Waals surface area contributed by atoms with Crippen LogP contribution in [0.4, 0.5) is 0 Å². The monoisotopic (exact) mass is 432 g/mol. The number of phenols is 1. The highest BCUT2D eigenvalue weighted by atomic mass is 16.5. The van der Waals surface area contributed by atoms with Crippen molar-refractivity contribution in [2.24, 2.45) is 5.41 Å². The molecule has 1 spiro atoms. The molecule has 2 aromatic heterocycles. The van der Waals surface area contributed by atoms with Crippen LogP contribution in [0.5, 0.6) is 5.75 Å². The minimum atomic E-state index is 0.0764. The minimum absolute atomic E-state index is 0.0764. The molecule has 1 saturated carbocycles. The van der Waals surface area contributed by atoms with Crippen LogP contribution in [-0.4, -0.2) is 57.4 Å². The van der Waals surface area contributed by atoms with Crippen LogP contribution in [0, 0.1) is 5.41 Å². The van der Waals surface area contributed by atoms with E-state index in [2.05, 4.69) is 28.0 Å². The van der Waals surface area contributed by atoms with Crippen molar-refractivity contribution in [2.45, 2.75) is 31.6 Å². The number of amides is 1. The lowest BCUT2D eigenvalue weighted by atomic mass is 9.59. The van der Waals surface area contributed by atoms with E-state index >= 15 is 0 Å². The summed E-state index contributed by atoms with van der Waals surface area (Å²) < 4.78 is 5.37. The molecule has 3 aliphatic rings. The number of H-pyrrole nitrogens is 1. The van der Waals surface area contributed by atoms with E-state index in [0.717, 1.165) is 50.2 Å². The molecule has 2 saturated heterocycles. The molecule has 7 heteroatoms. The number of rotatable bonds is 3. The maximum absolute atomic E-state index is 10.8. The lowest BCUT2D eigenvalue weighted by molar-refractivity contribution is -0.164. The topological polar surface area (TPSA) is 91.3 Å². The number of nitrogens with one attached hydrogen (secondary N) is 1. The van der Waals surface area contributed by atoms with Crippen LogP contribution in [0.15, 0.2) is 49.2 Å². The van der Waals surface area contributed by atoms with Gasteiger partial charge >= 0.3 is 0 Å². The summed E-state index contributed by atoms with van der Waals surface area (Å²) in [6.45, 7) is 7.08. The Morgan fingerprint density at radius 3 is 2.62 bits per heavy atom. The van der Waals surface area contributed by atoms with Gasteiger partial charge in [0.1, 0.15) is 5.75 Å². The van der Waals surface area contributed by atoms with Gasteiger partial charge in [-0.15, -0.1) is 10.2 Å². The Labute approximate surface area is 187 Å². The Hall–Kier alpha value is -3.19. The Morgan fingerprint density at radius 1 is 1.22 bits per heavy atom. The van der Waals surface area contributed by atoms with Crippen LogP contribution in [0.2, 0.25) is 0 Å². The largest absolute Gasteiger partial charge is 0.507 e. The summed E-state index contributed by atoms with van der Waals surface area (Å²) >= 11 is 0. The van der Waals surface area contributed by atoms with E-state index in [9.17, 15) is 9.90 Å². The van der Waals surface area contributed by atoms with Crippen molar-refractivity contribution < 1.29 is 14.6 Å². The van der Waals surface area contributed by atoms with Crippen LogP contribution in [-0.2, 0) is 9.53 Å². The van der Waals surface area contributed by atoms with Crippen molar-refractivity contribution in [1.29, 1.82) is 0 Å². The van der Waals surface area contributed by atoms with E-state index < -0.39 is 0 Å². The number of likely N-dealkylation sites (tertiary alicyclic amines) is 1. The van der Waals surface area contributed by atoms with Crippen molar-refractivity contribution in [1.82, 2.24) is 20.1 Å². The first-order valence-corrected chi connectivity index (χ1v) is 11.2. The molecular weight excluding hydrogens is 404 g/mol. The fourth-order valence-electron chi connectivity index (χ4n) is 5.00. The van der Waals surface area contributed by atoms with Crippen molar-refractivity contribution in [2.75, 3.05) is 26.3 Å². The highest BCUT2D eigenvalue weighted by Gasteiger charge is 2.50. The zero-order chi connectivity index (χ0) is 22.1. The van der Waals surface area contributed by atoms with Crippen molar-refractivity contribution >= 4 is 16.9 Å². The third-order valence-corrected chi connectivity index (χ3v) is 6.86. The number of carbonyl (C=O) groups excluding carboxylic acids is 1. The molecule has 1 amide bonds. The first-order chi connectivity index (χ1) is 15.6. The van der Waals surface area contributed by atoms with Crippen LogP contribution in [0.25, 0.3) is 22.3 Å². The molecule has 1 aliphatic carbocycles. The van der Waals surface area contributed by atoms with Crippen molar-refractivity contribution in [3.8, 4) is 17.0 Å². The quantitative estimate of drug-likeness (QED) is 0.610. The van der Waals surface area contributed by atoms with Crippen LogP contribution in [0.3, 0.4) is 0 Å². The summed E-state index contributed by atoms with van der Waals surface area (Å²) in [5, 5.41) is 19.7. The normalized spacial score (nSPS) is 19.2. The van der Waals surface area contributed by atoms with Gasteiger partial charge in [-0.05, 0) is 61.4 Å². The van der Waals surface area contributed by atoms with Gasteiger partial charge in [-0.2, -0.15) is 0 Å². The van der Waals surface area contributed by atoms with E-state index in [1.807, 2.05) is 23.1 Å². The van der Waals surface area contributed by atoms with Gasteiger partial charge in [0.2, 0.25) is 5.91 Å². The molecule has 0 atom stereocenters. The summed E-state index contributed by atoms with van der Waals surface area (Å²) in [5.41, 5.74) is 3.98. The van der Waals surface area contributed by atoms with Gasteiger partial charge in [0, 0.05) is 35.7 Å². The van der Waals surface area contributed by atoms with Gasteiger partial charge in [-0.1, -0.05) is 18.7 Å². The van der Waals surface area contributed by atoms with Crippen LogP contribution < -0.4 is 0 Å². The summed E-state index contributed by atoms with van der Waals surface area (Å²) in [4.78, 5) is 15.9. The first-order valence-electron chi connectivity index (χ1n) is 11.2. The van der Waals surface area contributed by atoms with Gasteiger partial charge in [-0.3, -0.25) is 4.79 Å². The molecule has 32 heavy (non-hydrogen) atoms. The van der Waals surface area contributed by atoms with E-state index in [4.69, 9.17) is 4.74 Å². The zero-order valence-corrected chi connectivity index (χ0v) is 18.1. The number of para-hydroxylation sites is 1. The number of benzene rings is 1. The van der Waals surface area contributed by atoms with E-state index in [0.29, 0.717) is 22.6 Å². The minimum Gasteiger partial charge on any atom is -0.507 e. The highest BCUT2D eigenvalue weighted by Crippen LogP contribution is 2.56. The second-order valence-corrected chi connectivity index (χ2v) is 9.09. The van der Waals surface area contributed by atoms with E-state index in [1.54, 1.807) is 12.1 Å². The van der Waals surface area contributed by atoms with Gasteiger partial charge in [0.25, 0.3) is 0 Å². The van der Waals surface area contributed by atoms with E-state index in [-0.39, 0.29) is 11.7 Å². The Bertz CT molecular complexity index is 1140. The first kappa shape index (κ1) is 20.7. The molecule has 3 fully saturated rings. The molecular formula is C25H28N4O3. The Kier molecular flexibility index (Phi) is 5.43. The number of hydrogen-bond donors (Lipinski definition) is 2. The zero-order valence-electron chi connectivity index (χ0n) is 18.1. The number of aromatic nitrogens is 3. The summed E-state index contributed by atoms with van der Waals surface area (Å²) in [7, 11) is 0. The Morgan fingerprint density at radius 2 is 1.97 bits per heavy atom. The second-order valence-electron chi connectivity index (χ2n) is 9.09. The maximum Gasteiger partial charge on any atom is 0.245 e. The molecule has 2 aliphatic heterocycles. The molecule has 4 heterocycles. The van der Waals surface area contributed by atoms with Gasteiger partial charge < -0.3 is 19.7 Å². The fraction of sp³-hybridized carbons (Fsp3) is 0.400. The third kappa shape index (κ3) is 3.77. The summed E-state index contributed by atoms with van der Waals surface area (Å²) in [6.07, 6.45) is 8.12. The number of hydrogen-bond acceptors (Lipinski definition) is 5. The molecule has 3 aromatic rings. The second kappa shape index (κ2) is 8.39. The molecule has 2 N–H and O–H groups in total. The molecule has 166 valence electrons. The maximum atomic E-state index is 10.8. The standard InChI is InChI=1S/C18H17N3O2.C7H11NO/c22-16-4-2-1-3-12(16)15-5-13-14(8-19-17(13)21-20-15)11-6-18(7-11)9-23-10-18;1-2-7(9)8-5-3-4-6-8/h1-5,8,11,22H,6-7,9-10H2,(H,19,21);2H,1,3-6H2. The predicted octanol–water partition coefficient (Wildman–Crippen LogP) is 4.02. The molecule has 1 aromatic carbocycles. The fourth-order valence-corrected chi connectivity index (χ4v) is 5.00. The number of phenolic OH excluding ortho intramolecular Hbond substituents is 1. The molecule has 0 bridgehead atoms. The Balaban J connectivity index is 0.000000203. The van der Waals surface area contributed by atoms with Crippen LogP contribution >= 0.6 is 0 Å². The smallest absolute Gasteiger partial charge is 0.245 e. The van der Waals surface area contributed by atoms with Crippen molar-refractivity contribution in [3.63, 3.8) is 0 Å². The van der Waals surface area contributed by atoms with Crippen LogP contribution in [0.1, 0.15) is 37.2 Å². The lowest BCUT2D eigenvalue weighted by Crippen LogP contribution is -2.51. The highest BCUT2D eigenvalue weighted by molar-refractivity contribution is 5.87. The number of nitrogens with zero attached hydrogens (tertiary/aromatic N) is 3. The predicted molar refractivity (Wildman–Crippen MR) is 122 cm³/mol. The summed E-state index contributed by atoms with van der Waals surface area (Å²) in [6, 6.07) is 9.27. The third-order valence-electron chi connectivity index (χ3n) is 6.86. The number of fused-ring (bicyclic) bond motifs is 1. The number of carbonyl (C=O) groups is 1. The molecule has 6 rings (SSSR count). The summed E-state index contributed by atoms with van der Waals surface area (Å²) in [5.74, 6) is 0.869. The number of aromatic amines is 1. The molecule has 0 radical (unpaired) electrons. The SMILES string of the molecule is C=CC(=O)N1CCCC1.Oc1ccccc1-c1cc2c(C3CC4(COC4)C3)c[nH]c2nn1. The number of ether oxygens (including phenoxy) is 1. The molecule has 0 unspecified atom stereocenters. The average Bonchev–Trinajstić information content (AvgIpc) is 3.42.